The van der Waals surface area contributed by atoms with E-state index in [0.717, 1.165) is 0 Å². The fourth-order valence-electron chi connectivity index (χ4n) is 2.89. The fraction of sp³-hybridized carbons (Fsp3) is 0.556. The average molecular weight is 399 g/mol. The number of hydrogen-bond donors (Lipinski definition) is 2. The second-order valence-corrected chi connectivity index (χ2v) is 8.62. The highest BCUT2D eigenvalue weighted by molar-refractivity contribution is 7.89. The molecule has 0 amide bonds. The van der Waals surface area contributed by atoms with Crippen LogP contribution in [0.15, 0.2) is 23.1 Å². The lowest BCUT2D eigenvalue weighted by Gasteiger charge is -2.15. The monoisotopic (exact) mass is 399 g/mol. The van der Waals surface area contributed by atoms with E-state index in [2.05, 4.69) is 4.72 Å². The number of fused-ring (bicyclic) bond motifs is 1. The van der Waals surface area contributed by atoms with Gasteiger partial charge in [-0.3, -0.25) is 4.79 Å². The molecular formula is C18H25NO7S. The first-order chi connectivity index (χ1) is 12.6. The van der Waals surface area contributed by atoms with E-state index in [1.54, 1.807) is 6.92 Å². The van der Waals surface area contributed by atoms with Crippen molar-refractivity contribution in [1.29, 1.82) is 0 Å². The van der Waals surface area contributed by atoms with Crippen molar-refractivity contribution in [3.8, 4) is 5.75 Å². The van der Waals surface area contributed by atoms with Gasteiger partial charge in [0, 0.05) is 13.0 Å². The number of ether oxygens (including phenoxy) is 2. The van der Waals surface area contributed by atoms with Crippen LogP contribution in [0.4, 0.5) is 0 Å². The van der Waals surface area contributed by atoms with E-state index in [1.807, 2.05) is 13.8 Å². The number of carbonyl (C=O) groups excluding carboxylic acids is 1. The molecule has 0 saturated heterocycles. The summed E-state index contributed by atoms with van der Waals surface area (Å²) in [5.74, 6) is -1.76. The minimum atomic E-state index is -3.88. The summed E-state index contributed by atoms with van der Waals surface area (Å²) in [6.45, 7) is 5.50. The summed E-state index contributed by atoms with van der Waals surface area (Å²) in [5.41, 5.74) is 0.591. The molecule has 0 aliphatic carbocycles. The van der Waals surface area contributed by atoms with Crippen molar-refractivity contribution in [2.75, 3.05) is 13.2 Å². The Labute approximate surface area is 158 Å². The Bertz CT molecular complexity index is 804. The van der Waals surface area contributed by atoms with Gasteiger partial charge in [-0.25, -0.2) is 17.9 Å². The number of carboxylic acid groups (broad SMARTS) is 1. The largest absolute Gasteiger partial charge is 0.481 e. The molecule has 0 fully saturated rings. The van der Waals surface area contributed by atoms with Crippen molar-refractivity contribution in [2.45, 2.75) is 44.6 Å². The third kappa shape index (κ3) is 5.43. The summed E-state index contributed by atoms with van der Waals surface area (Å²) >= 11 is 0. The van der Waals surface area contributed by atoms with Crippen molar-refractivity contribution in [2.24, 2.45) is 11.8 Å². The number of benzene rings is 1. The van der Waals surface area contributed by atoms with Gasteiger partial charge in [0.1, 0.15) is 5.75 Å². The quantitative estimate of drug-likeness (QED) is 0.605. The molecule has 1 aromatic carbocycles. The molecule has 0 saturated carbocycles. The second-order valence-electron chi connectivity index (χ2n) is 6.85. The SMILES string of the molecule is CCOC(=O)C1Cc2cc(S(=O)(=O)NCC(CC(C)C)C(=O)O)ccc2O1. The lowest BCUT2D eigenvalue weighted by atomic mass is 9.98. The predicted molar refractivity (Wildman–Crippen MR) is 97.0 cm³/mol. The van der Waals surface area contributed by atoms with E-state index in [9.17, 15) is 23.1 Å². The van der Waals surface area contributed by atoms with Crippen LogP contribution < -0.4 is 9.46 Å². The van der Waals surface area contributed by atoms with Crippen molar-refractivity contribution < 1.29 is 32.6 Å². The number of carboxylic acids is 1. The summed E-state index contributed by atoms with van der Waals surface area (Å²) in [6, 6.07) is 4.30. The smallest absolute Gasteiger partial charge is 0.347 e. The molecule has 150 valence electrons. The van der Waals surface area contributed by atoms with Crippen LogP contribution in [-0.2, 0) is 30.8 Å². The molecule has 1 aliphatic rings. The highest BCUT2D eigenvalue weighted by atomic mass is 32.2. The average Bonchev–Trinajstić information content (AvgIpc) is 3.01. The van der Waals surface area contributed by atoms with Gasteiger partial charge in [-0.15, -0.1) is 0 Å². The molecule has 8 nitrogen and oxygen atoms in total. The van der Waals surface area contributed by atoms with E-state index in [1.165, 1.54) is 18.2 Å². The van der Waals surface area contributed by atoms with Gasteiger partial charge in [0.15, 0.2) is 6.10 Å². The zero-order chi connectivity index (χ0) is 20.2. The number of esters is 1. The van der Waals surface area contributed by atoms with Crippen LogP contribution in [0.3, 0.4) is 0 Å². The number of rotatable bonds is 9. The number of hydrogen-bond acceptors (Lipinski definition) is 6. The highest BCUT2D eigenvalue weighted by Gasteiger charge is 2.31. The van der Waals surface area contributed by atoms with Crippen molar-refractivity contribution in [3.63, 3.8) is 0 Å². The van der Waals surface area contributed by atoms with Gasteiger partial charge in [0.2, 0.25) is 10.0 Å². The van der Waals surface area contributed by atoms with E-state index >= 15 is 0 Å². The van der Waals surface area contributed by atoms with Crippen LogP contribution in [0.5, 0.6) is 5.75 Å². The first kappa shape index (κ1) is 21.2. The predicted octanol–water partition coefficient (Wildman–Crippen LogP) is 1.58. The second kappa shape index (κ2) is 8.71. The Hall–Kier alpha value is -2.13. The molecule has 1 aromatic rings. The Morgan fingerprint density at radius 3 is 2.67 bits per heavy atom. The number of sulfonamides is 1. The number of nitrogens with one attached hydrogen (secondary N) is 1. The molecule has 2 rings (SSSR count). The lowest BCUT2D eigenvalue weighted by molar-refractivity contribution is -0.150. The summed E-state index contributed by atoms with van der Waals surface area (Å²) < 4.78 is 37.8. The fourth-order valence-corrected chi connectivity index (χ4v) is 4.02. The highest BCUT2D eigenvalue weighted by Crippen LogP contribution is 2.31. The van der Waals surface area contributed by atoms with Gasteiger partial charge >= 0.3 is 11.9 Å². The van der Waals surface area contributed by atoms with Gasteiger partial charge in [0.25, 0.3) is 0 Å². The summed E-state index contributed by atoms with van der Waals surface area (Å²) in [7, 11) is -3.88. The third-order valence-corrected chi connectivity index (χ3v) is 5.61. The zero-order valence-corrected chi connectivity index (χ0v) is 16.4. The molecule has 9 heteroatoms. The van der Waals surface area contributed by atoms with Gasteiger partial charge in [-0.05, 0) is 43.0 Å². The molecule has 2 N–H and O–H groups in total. The minimum Gasteiger partial charge on any atom is -0.481 e. The van der Waals surface area contributed by atoms with E-state index in [4.69, 9.17) is 9.47 Å². The standard InChI is InChI=1S/C18H25NO7S/c1-4-25-18(22)16-9-12-8-14(5-6-15(12)26-16)27(23,24)19-10-13(17(20)21)7-11(2)3/h5-6,8,11,13,16,19H,4,7,9-10H2,1-3H3,(H,20,21). The first-order valence-corrected chi connectivity index (χ1v) is 10.3. The van der Waals surface area contributed by atoms with Crippen LogP contribution in [-0.4, -0.2) is 44.7 Å². The van der Waals surface area contributed by atoms with Crippen LogP contribution in [0.25, 0.3) is 0 Å². The van der Waals surface area contributed by atoms with Gasteiger partial charge in [-0.1, -0.05) is 13.8 Å². The maximum atomic E-state index is 12.5. The molecule has 0 radical (unpaired) electrons. The van der Waals surface area contributed by atoms with Crippen LogP contribution in [0.1, 0.15) is 32.8 Å². The van der Waals surface area contributed by atoms with Crippen molar-refractivity contribution in [1.82, 2.24) is 4.72 Å². The van der Waals surface area contributed by atoms with Gasteiger partial charge in [0.05, 0.1) is 17.4 Å². The maximum absolute atomic E-state index is 12.5. The van der Waals surface area contributed by atoms with Crippen LogP contribution in [0.2, 0.25) is 0 Å². The Kier molecular flexibility index (Phi) is 6.83. The van der Waals surface area contributed by atoms with E-state index in [-0.39, 0.29) is 30.4 Å². The molecule has 2 atom stereocenters. The summed E-state index contributed by atoms with van der Waals surface area (Å²) in [6.07, 6.45) is -0.187. The van der Waals surface area contributed by atoms with E-state index in [0.29, 0.717) is 17.7 Å². The molecule has 2 unspecified atom stereocenters. The lowest BCUT2D eigenvalue weighted by Crippen LogP contribution is -2.33. The molecule has 0 spiro atoms. The molecule has 0 bridgehead atoms. The first-order valence-electron chi connectivity index (χ1n) is 8.82. The summed E-state index contributed by atoms with van der Waals surface area (Å²) in [4.78, 5) is 23.1. The molecule has 27 heavy (non-hydrogen) atoms. The van der Waals surface area contributed by atoms with Crippen LogP contribution >= 0.6 is 0 Å². The Morgan fingerprint density at radius 1 is 1.37 bits per heavy atom. The van der Waals surface area contributed by atoms with Gasteiger partial charge < -0.3 is 14.6 Å². The number of aliphatic carboxylic acids is 1. The van der Waals surface area contributed by atoms with E-state index < -0.39 is 34.0 Å². The molecular weight excluding hydrogens is 374 g/mol. The minimum absolute atomic E-state index is 0.00282. The van der Waals surface area contributed by atoms with Gasteiger partial charge in [-0.2, -0.15) is 0 Å². The topological polar surface area (TPSA) is 119 Å². The maximum Gasteiger partial charge on any atom is 0.347 e. The van der Waals surface area contributed by atoms with Crippen molar-refractivity contribution >= 4 is 22.0 Å². The normalized spacial score (nSPS) is 17.3. The van der Waals surface area contributed by atoms with Crippen LogP contribution in [0, 0.1) is 11.8 Å². The number of carbonyl (C=O) groups is 2. The van der Waals surface area contributed by atoms with Crippen molar-refractivity contribution in [3.05, 3.63) is 23.8 Å². The Balaban J connectivity index is 2.09. The molecule has 0 aromatic heterocycles. The summed E-state index contributed by atoms with van der Waals surface area (Å²) in [5, 5.41) is 9.25. The molecule has 1 aliphatic heterocycles. The Morgan fingerprint density at radius 2 is 2.07 bits per heavy atom. The third-order valence-electron chi connectivity index (χ3n) is 4.19. The zero-order valence-electron chi connectivity index (χ0n) is 15.6. The molecule has 1 heterocycles.